The Kier molecular flexibility index (Phi) is 5.96. The van der Waals surface area contributed by atoms with Crippen molar-refractivity contribution in [3.63, 3.8) is 0 Å². The highest BCUT2D eigenvalue weighted by Gasteiger charge is 2.21. The molecule has 1 aromatic carbocycles. The Morgan fingerprint density at radius 2 is 2.08 bits per heavy atom. The molecule has 2 aromatic rings. The third kappa shape index (κ3) is 4.45. The molecule has 0 spiro atoms. The van der Waals surface area contributed by atoms with E-state index in [-0.39, 0.29) is 10.6 Å². The number of quaternary nitrogens is 1. The molecule has 0 atom stereocenters. The van der Waals surface area contributed by atoms with Gasteiger partial charge in [-0.25, -0.2) is 0 Å². The summed E-state index contributed by atoms with van der Waals surface area (Å²) in [5.41, 5.74) is 1.15. The summed E-state index contributed by atoms with van der Waals surface area (Å²) in [6.45, 7) is 8.82. The molecule has 1 saturated heterocycles. The third-order valence-electron chi connectivity index (χ3n) is 4.27. The van der Waals surface area contributed by atoms with Crippen LogP contribution in [0.5, 0.6) is 0 Å². The second-order valence-electron chi connectivity index (χ2n) is 6.01. The lowest BCUT2D eigenvalue weighted by atomic mass is 10.2. The van der Waals surface area contributed by atoms with Crippen molar-refractivity contribution >= 4 is 40.1 Å². The van der Waals surface area contributed by atoms with E-state index in [1.54, 1.807) is 18.2 Å². The minimum Gasteiger partial charge on any atom is -0.360 e. The Hall–Kier alpha value is -2.30. The SMILES string of the molecule is C=CCNc1nn(C[NH+]2CCN(c3ccc([N+](=O)[O-])cc3)CC2)c(=S)s1. The van der Waals surface area contributed by atoms with Gasteiger partial charge in [-0.2, -0.15) is 4.68 Å². The number of piperazine rings is 1. The van der Waals surface area contributed by atoms with E-state index in [4.69, 9.17) is 12.2 Å². The minimum absolute atomic E-state index is 0.122. The molecule has 8 nitrogen and oxygen atoms in total. The van der Waals surface area contributed by atoms with Gasteiger partial charge in [-0.15, -0.1) is 11.7 Å². The van der Waals surface area contributed by atoms with Crippen molar-refractivity contribution in [2.45, 2.75) is 6.67 Å². The predicted molar refractivity (Wildman–Crippen MR) is 106 cm³/mol. The molecule has 0 unspecified atom stereocenters. The monoisotopic (exact) mass is 393 g/mol. The van der Waals surface area contributed by atoms with E-state index in [2.05, 4.69) is 21.9 Å². The van der Waals surface area contributed by atoms with Gasteiger partial charge < -0.3 is 15.1 Å². The van der Waals surface area contributed by atoms with E-state index in [0.29, 0.717) is 6.54 Å². The van der Waals surface area contributed by atoms with Crippen molar-refractivity contribution in [3.8, 4) is 0 Å². The average Bonchev–Trinajstić information content (AvgIpc) is 3.00. The molecule has 0 radical (unpaired) electrons. The number of anilines is 2. The smallest absolute Gasteiger partial charge is 0.269 e. The van der Waals surface area contributed by atoms with Crippen LogP contribution in [-0.2, 0) is 6.67 Å². The zero-order valence-corrected chi connectivity index (χ0v) is 15.9. The lowest BCUT2D eigenvalue weighted by Gasteiger charge is -2.33. The van der Waals surface area contributed by atoms with Crippen LogP contribution in [0, 0.1) is 14.1 Å². The first-order chi connectivity index (χ1) is 12.6. The number of nitro groups is 1. The maximum Gasteiger partial charge on any atom is 0.269 e. The predicted octanol–water partition coefficient (Wildman–Crippen LogP) is 1.54. The number of non-ortho nitro benzene ring substituents is 1. The van der Waals surface area contributed by atoms with Gasteiger partial charge >= 0.3 is 0 Å². The van der Waals surface area contributed by atoms with Crippen LogP contribution in [0.1, 0.15) is 0 Å². The molecule has 1 aliphatic rings. The maximum absolute atomic E-state index is 10.8. The fraction of sp³-hybridized carbons (Fsp3) is 0.375. The zero-order chi connectivity index (χ0) is 18.5. The molecule has 10 heteroatoms. The number of aromatic nitrogens is 2. The fourth-order valence-electron chi connectivity index (χ4n) is 2.87. The fourth-order valence-corrected chi connectivity index (χ4v) is 3.89. The van der Waals surface area contributed by atoms with E-state index in [9.17, 15) is 10.1 Å². The first-order valence-electron chi connectivity index (χ1n) is 8.32. The number of nitrogens with one attached hydrogen (secondary N) is 2. The first-order valence-corrected chi connectivity index (χ1v) is 9.55. The Morgan fingerprint density at radius 3 is 2.69 bits per heavy atom. The summed E-state index contributed by atoms with van der Waals surface area (Å²) in [4.78, 5) is 14.1. The van der Waals surface area contributed by atoms with Crippen LogP contribution in [0.4, 0.5) is 16.5 Å². The minimum atomic E-state index is -0.374. The van der Waals surface area contributed by atoms with Gasteiger partial charge in [0, 0.05) is 24.4 Å². The molecule has 2 heterocycles. The number of hydrogen-bond acceptors (Lipinski definition) is 7. The summed E-state index contributed by atoms with van der Waals surface area (Å²) in [6.07, 6.45) is 1.79. The summed E-state index contributed by atoms with van der Waals surface area (Å²) in [5.74, 6) is 0. The van der Waals surface area contributed by atoms with Gasteiger partial charge in [0.2, 0.25) is 5.13 Å². The molecule has 0 amide bonds. The highest BCUT2D eigenvalue weighted by atomic mass is 32.1. The van der Waals surface area contributed by atoms with E-state index >= 15 is 0 Å². The van der Waals surface area contributed by atoms with Gasteiger partial charge in [0.05, 0.1) is 31.1 Å². The van der Waals surface area contributed by atoms with Crippen molar-refractivity contribution in [3.05, 3.63) is 51.0 Å². The lowest BCUT2D eigenvalue weighted by Crippen LogP contribution is -3.14. The second kappa shape index (κ2) is 8.39. The van der Waals surface area contributed by atoms with Gasteiger partial charge in [-0.1, -0.05) is 17.4 Å². The van der Waals surface area contributed by atoms with Gasteiger partial charge in [-0.3, -0.25) is 10.1 Å². The Morgan fingerprint density at radius 1 is 1.38 bits per heavy atom. The Bertz CT molecular complexity index is 824. The largest absolute Gasteiger partial charge is 0.360 e. The summed E-state index contributed by atoms with van der Waals surface area (Å²) < 4.78 is 2.64. The van der Waals surface area contributed by atoms with Gasteiger partial charge in [0.15, 0.2) is 10.6 Å². The quantitative estimate of drug-likeness (QED) is 0.322. The molecule has 0 bridgehead atoms. The van der Waals surface area contributed by atoms with Crippen LogP contribution < -0.4 is 15.1 Å². The summed E-state index contributed by atoms with van der Waals surface area (Å²) in [6, 6.07) is 6.75. The van der Waals surface area contributed by atoms with Gasteiger partial charge in [0.1, 0.15) is 0 Å². The summed E-state index contributed by atoms with van der Waals surface area (Å²) >= 11 is 6.87. The molecule has 3 rings (SSSR count). The molecular weight excluding hydrogens is 372 g/mol. The Labute approximate surface area is 160 Å². The van der Waals surface area contributed by atoms with Gasteiger partial charge in [0.25, 0.3) is 5.69 Å². The van der Waals surface area contributed by atoms with E-state index < -0.39 is 0 Å². The normalized spacial score (nSPS) is 15.0. The van der Waals surface area contributed by atoms with Crippen LogP contribution in [-0.4, -0.2) is 47.4 Å². The third-order valence-corrected chi connectivity index (χ3v) is 5.54. The maximum atomic E-state index is 10.8. The summed E-state index contributed by atoms with van der Waals surface area (Å²) in [5, 5.41) is 19.3. The molecule has 138 valence electrons. The molecule has 1 fully saturated rings. The van der Waals surface area contributed by atoms with Crippen LogP contribution in [0.15, 0.2) is 36.9 Å². The standard InChI is InChI=1S/C16H20N6O2S2/c1-2-7-17-15-18-21(16(25)26-15)12-19-8-10-20(11-9-19)13-3-5-14(6-4-13)22(23)24/h2-6H,1,7-12H2,(H,17,18)/p+1. The first kappa shape index (κ1) is 18.5. The van der Waals surface area contributed by atoms with Crippen molar-refractivity contribution in [2.75, 3.05) is 42.9 Å². The molecule has 1 aromatic heterocycles. The molecule has 2 N–H and O–H groups in total. The number of benzene rings is 1. The molecule has 0 aliphatic carbocycles. The second-order valence-corrected chi connectivity index (χ2v) is 7.63. The van der Waals surface area contributed by atoms with Crippen molar-refractivity contribution in [2.24, 2.45) is 0 Å². The van der Waals surface area contributed by atoms with Crippen LogP contribution >= 0.6 is 23.6 Å². The highest BCUT2D eigenvalue weighted by molar-refractivity contribution is 7.73. The zero-order valence-electron chi connectivity index (χ0n) is 14.3. The number of nitro benzene ring substituents is 1. The highest BCUT2D eigenvalue weighted by Crippen LogP contribution is 2.19. The molecular formula is C16H21N6O2S2+. The average molecular weight is 394 g/mol. The van der Waals surface area contributed by atoms with Crippen LogP contribution in [0.2, 0.25) is 0 Å². The molecule has 1 aliphatic heterocycles. The summed E-state index contributed by atoms with van der Waals surface area (Å²) in [7, 11) is 0. The molecule has 26 heavy (non-hydrogen) atoms. The van der Waals surface area contributed by atoms with E-state index in [1.165, 1.54) is 16.2 Å². The molecule has 0 saturated carbocycles. The lowest BCUT2D eigenvalue weighted by molar-refractivity contribution is -0.924. The van der Waals surface area contributed by atoms with Crippen molar-refractivity contribution in [1.29, 1.82) is 0 Å². The topological polar surface area (TPSA) is 80.7 Å². The van der Waals surface area contributed by atoms with E-state index in [0.717, 1.165) is 47.6 Å². The Balaban J connectivity index is 1.55. The number of rotatable bonds is 7. The van der Waals surface area contributed by atoms with Gasteiger partial charge in [-0.05, 0) is 24.4 Å². The van der Waals surface area contributed by atoms with Crippen molar-refractivity contribution in [1.82, 2.24) is 9.78 Å². The van der Waals surface area contributed by atoms with Crippen LogP contribution in [0.3, 0.4) is 0 Å². The number of nitrogens with zero attached hydrogens (tertiary/aromatic N) is 4. The van der Waals surface area contributed by atoms with Crippen LogP contribution in [0.25, 0.3) is 0 Å². The number of hydrogen-bond donors (Lipinski definition) is 2. The van der Waals surface area contributed by atoms with Crippen molar-refractivity contribution < 1.29 is 9.82 Å². The van der Waals surface area contributed by atoms with E-state index in [1.807, 2.05) is 16.8 Å².